The third kappa shape index (κ3) is 4.49. The minimum Gasteiger partial charge on any atom is -0.396 e. The Morgan fingerprint density at radius 1 is 1.40 bits per heavy atom. The van der Waals surface area contributed by atoms with Crippen LogP contribution in [0.3, 0.4) is 0 Å². The summed E-state index contributed by atoms with van der Waals surface area (Å²) in [5.41, 5.74) is 0. The van der Waals surface area contributed by atoms with Gasteiger partial charge in [-0.15, -0.1) is 0 Å². The molecule has 1 rings (SSSR count). The van der Waals surface area contributed by atoms with Crippen molar-refractivity contribution in [3.8, 4) is 0 Å². The normalized spacial score (nSPS) is 20.6. The second kappa shape index (κ2) is 6.46. The highest BCUT2D eigenvalue weighted by atomic mass is 16.5. The summed E-state index contributed by atoms with van der Waals surface area (Å²) < 4.78 is 5.13. The van der Waals surface area contributed by atoms with Crippen LogP contribution in [0.4, 0.5) is 0 Å². The number of aliphatic hydroxyl groups excluding tert-OH is 1. The summed E-state index contributed by atoms with van der Waals surface area (Å²) in [6, 6.07) is 0.647. The van der Waals surface area contributed by atoms with E-state index in [-0.39, 0.29) is 6.61 Å². The molecule has 3 nitrogen and oxygen atoms in total. The number of hydrogen-bond donors (Lipinski definition) is 1. The van der Waals surface area contributed by atoms with Gasteiger partial charge in [-0.05, 0) is 31.6 Å². The van der Waals surface area contributed by atoms with Gasteiger partial charge in [-0.3, -0.25) is 4.90 Å². The first-order valence-electron chi connectivity index (χ1n) is 6.02. The predicted molar refractivity (Wildman–Crippen MR) is 61.9 cm³/mol. The second-order valence-electron chi connectivity index (χ2n) is 4.85. The van der Waals surface area contributed by atoms with Crippen LogP contribution in [0.2, 0.25) is 0 Å². The summed E-state index contributed by atoms with van der Waals surface area (Å²) in [4.78, 5) is 2.46. The molecule has 2 unspecified atom stereocenters. The van der Waals surface area contributed by atoms with Gasteiger partial charge >= 0.3 is 0 Å². The summed E-state index contributed by atoms with van der Waals surface area (Å²) in [7, 11) is 1.75. The zero-order chi connectivity index (χ0) is 11.3. The molecule has 1 aliphatic carbocycles. The van der Waals surface area contributed by atoms with Crippen molar-refractivity contribution >= 4 is 0 Å². The van der Waals surface area contributed by atoms with Gasteiger partial charge in [0.1, 0.15) is 0 Å². The third-order valence-electron chi connectivity index (χ3n) is 3.32. The molecule has 0 heterocycles. The zero-order valence-electron chi connectivity index (χ0n) is 10.3. The Morgan fingerprint density at radius 3 is 2.53 bits per heavy atom. The number of aliphatic hydroxyl groups is 1. The number of methoxy groups -OCH3 is 1. The molecule has 1 fully saturated rings. The van der Waals surface area contributed by atoms with Crippen LogP contribution in [0.25, 0.3) is 0 Å². The Kier molecular flexibility index (Phi) is 5.58. The highest BCUT2D eigenvalue weighted by Crippen LogP contribution is 2.35. The standard InChI is InChI=1S/C12H25NO2/c1-10(9-14)8-13(6-7-15-3)11(2)12-4-5-12/h10-12,14H,4-9H2,1-3H3. The molecule has 90 valence electrons. The van der Waals surface area contributed by atoms with Crippen molar-refractivity contribution in [1.82, 2.24) is 4.90 Å². The summed E-state index contributed by atoms with van der Waals surface area (Å²) >= 11 is 0. The Hall–Kier alpha value is -0.120. The molecule has 0 aromatic carbocycles. The van der Waals surface area contributed by atoms with Crippen LogP contribution in [0.15, 0.2) is 0 Å². The highest BCUT2D eigenvalue weighted by molar-refractivity contribution is 4.85. The molecule has 3 heteroatoms. The summed E-state index contributed by atoms with van der Waals surface area (Å²) in [5.74, 6) is 1.25. The molecule has 0 spiro atoms. The molecule has 1 aliphatic rings. The summed E-state index contributed by atoms with van der Waals surface area (Å²) in [6.45, 7) is 7.43. The lowest BCUT2D eigenvalue weighted by Gasteiger charge is -2.31. The molecule has 0 saturated heterocycles. The lowest BCUT2D eigenvalue weighted by molar-refractivity contribution is 0.0922. The van der Waals surface area contributed by atoms with Gasteiger partial charge < -0.3 is 9.84 Å². The summed E-state index contributed by atoms with van der Waals surface area (Å²) in [6.07, 6.45) is 2.75. The summed E-state index contributed by atoms with van der Waals surface area (Å²) in [5, 5.41) is 9.09. The minimum atomic E-state index is 0.279. The molecule has 1 saturated carbocycles. The monoisotopic (exact) mass is 215 g/mol. The van der Waals surface area contributed by atoms with E-state index in [0.717, 1.165) is 25.6 Å². The van der Waals surface area contributed by atoms with E-state index >= 15 is 0 Å². The van der Waals surface area contributed by atoms with E-state index in [2.05, 4.69) is 18.7 Å². The van der Waals surface area contributed by atoms with Crippen molar-refractivity contribution in [3.05, 3.63) is 0 Å². The Labute approximate surface area is 93.4 Å². The van der Waals surface area contributed by atoms with Gasteiger partial charge in [0.15, 0.2) is 0 Å². The number of nitrogens with zero attached hydrogens (tertiary/aromatic N) is 1. The van der Waals surface area contributed by atoms with Crippen LogP contribution in [-0.2, 0) is 4.74 Å². The maximum absolute atomic E-state index is 9.09. The minimum absolute atomic E-state index is 0.279. The molecule has 0 bridgehead atoms. The van der Waals surface area contributed by atoms with Gasteiger partial charge in [0.25, 0.3) is 0 Å². The lowest BCUT2D eigenvalue weighted by Crippen LogP contribution is -2.40. The van der Waals surface area contributed by atoms with Gasteiger partial charge in [-0.25, -0.2) is 0 Å². The van der Waals surface area contributed by atoms with E-state index in [1.807, 2.05) is 0 Å². The van der Waals surface area contributed by atoms with Crippen LogP contribution in [-0.4, -0.2) is 49.5 Å². The predicted octanol–water partition coefficient (Wildman–Crippen LogP) is 1.36. The van der Waals surface area contributed by atoms with Gasteiger partial charge in [0.05, 0.1) is 6.61 Å². The quantitative estimate of drug-likeness (QED) is 0.663. The Balaban J connectivity index is 2.36. The lowest BCUT2D eigenvalue weighted by atomic mass is 10.1. The fourth-order valence-electron chi connectivity index (χ4n) is 2.00. The molecular formula is C12H25NO2. The zero-order valence-corrected chi connectivity index (χ0v) is 10.3. The average Bonchev–Trinajstić information content (AvgIpc) is 3.06. The first-order valence-corrected chi connectivity index (χ1v) is 6.02. The van der Waals surface area contributed by atoms with Gasteiger partial charge in [0, 0.05) is 32.8 Å². The third-order valence-corrected chi connectivity index (χ3v) is 3.32. The SMILES string of the molecule is COCCN(CC(C)CO)C(C)C1CC1. The molecule has 1 N–H and O–H groups in total. The van der Waals surface area contributed by atoms with E-state index in [1.54, 1.807) is 7.11 Å². The largest absolute Gasteiger partial charge is 0.396 e. The average molecular weight is 215 g/mol. The van der Waals surface area contributed by atoms with Crippen molar-refractivity contribution < 1.29 is 9.84 Å². The van der Waals surface area contributed by atoms with Crippen molar-refractivity contribution in [2.45, 2.75) is 32.7 Å². The number of ether oxygens (including phenoxy) is 1. The highest BCUT2D eigenvalue weighted by Gasteiger charge is 2.32. The van der Waals surface area contributed by atoms with Gasteiger partial charge in [-0.2, -0.15) is 0 Å². The maximum atomic E-state index is 9.09. The molecule has 0 aromatic rings. The second-order valence-corrected chi connectivity index (χ2v) is 4.85. The molecule has 2 atom stereocenters. The van der Waals surface area contributed by atoms with Crippen molar-refractivity contribution in [3.63, 3.8) is 0 Å². The van der Waals surface area contributed by atoms with E-state index in [0.29, 0.717) is 12.0 Å². The molecule has 15 heavy (non-hydrogen) atoms. The molecule has 0 amide bonds. The van der Waals surface area contributed by atoms with Crippen LogP contribution < -0.4 is 0 Å². The van der Waals surface area contributed by atoms with Crippen LogP contribution in [0.5, 0.6) is 0 Å². The van der Waals surface area contributed by atoms with E-state index < -0.39 is 0 Å². The fourth-order valence-corrected chi connectivity index (χ4v) is 2.00. The molecule has 0 aliphatic heterocycles. The van der Waals surface area contributed by atoms with Crippen LogP contribution in [0, 0.1) is 11.8 Å². The first kappa shape index (κ1) is 12.9. The Bertz CT molecular complexity index is 171. The van der Waals surface area contributed by atoms with E-state index in [4.69, 9.17) is 9.84 Å². The van der Waals surface area contributed by atoms with E-state index in [1.165, 1.54) is 12.8 Å². The first-order chi connectivity index (χ1) is 7.19. The fraction of sp³-hybridized carbons (Fsp3) is 1.00. The van der Waals surface area contributed by atoms with Crippen molar-refractivity contribution in [2.24, 2.45) is 11.8 Å². The van der Waals surface area contributed by atoms with Crippen molar-refractivity contribution in [2.75, 3.05) is 33.4 Å². The maximum Gasteiger partial charge on any atom is 0.0589 e. The van der Waals surface area contributed by atoms with E-state index in [9.17, 15) is 0 Å². The molecule has 0 radical (unpaired) electrons. The molecule has 0 aromatic heterocycles. The van der Waals surface area contributed by atoms with Crippen LogP contribution in [0.1, 0.15) is 26.7 Å². The van der Waals surface area contributed by atoms with Gasteiger partial charge in [0.2, 0.25) is 0 Å². The molecular weight excluding hydrogens is 190 g/mol. The van der Waals surface area contributed by atoms with Crippen molar-refractivity contribution in [1.29, 1.82) is 0 Å². The van der Waals surface area contributed by atoms with Gasteiger partial charge in [-0.1, -0.05) is 6.92 Å². The smallest absolute Gasteiger partial charge is 0.0589 e. The number of rotatable bonds is 8. The van der Waals surface area contributed by atoms with Crippen LogP contribution >= 0.6 is 0 Å². The topological polar surface area (TPSA) is 32.7 Å². The Morgan fingerprint density at radius 2 is 2.07 bits per heavy atom. The number of hydrogen-bond acceptors (Lipinski definition) is 3.